The number of hydrogen-bond acceptors (Lipinski definition) is 2. The van der Waals surface area contributed by atoms with E-state index in [2.05, 4.69) is 36.2 Å². The average molecular weight is 246 g/mol. The molecule has 0 aromatic rings. The first-order chi connectivity index (χ1) is 3.83. The van der Waals surface area contributed by atoms with Crippen molar-refractivity contribution in [2.45, 2.75) is 6.92 Å². The monoisotopic (exact) mass is 244 g/mol. The van der Waals surface area contributed by atoms with Crippen molar-refractivity contribution in [2.75, 3.05) is 20.3 Å². The molecular weight excluding hydrogens is 233 g/mol. The van der Waals surface area contributed by atoms with Crippen molar-refractivity contribution < 1.29 is 37.2 Å². The minimum absolute atomic E-state index is 0. The van der Waals surface area contributed by atoms with E-state index in [-0.39, 0.29) is 54.6 Å². The van der Waals surface area contributed by atoms with Gasteiger partial charge in [0.1, 0.15) is 0 Å². The molecule has 1 rings (SSSR count). The van der Waals surface area contributed by atoms with Gasteiger partial charge in [0.05, 0.1) is 6.67 Å². The number of rotatable bonds is 1. The molecule has 0 N–H and O–H groups in total. The van der Waals surface area contributed by atoms with E-state index in [1.54, 1.807) is 0 Å². The molecule has 12 heavy (non-hydrogen) atoms. The maximum Gasteiger partial charge on any atom is 3.00 e. The Kier molecular flexibility index (Phi) is 22.5. The summed E-state index contributed by atoms with van der Waals surface area (Å²) in [5.41, 5.74) is 0. The molecule has 0 saturated heterocycles. The third-order valence-corrected chi connectivity index (χ3v) is 1.34. The molecule has 1 aliphatic rings. The fraction of sp³-hybridized carbons (Fsp3) is 0.667. The van der Waals surface area contributed by atoms with Crippen LogP contribution < -0.4 is 37.2 Å². The van der Waals surface area contributed by atoms with Crippen LogP contribution in [0.2, 0.25) is 0 Å². The molecule has 0 fully saturated rings. The Morgan fingerprint density at radius 2 is 1.67 bits per heavy atom. The fourth-order valence-corrected chi connectivity index (χ4v) is 0.794. The summed E-state index contributed by atoms with van der Waals surface area (Å²) in [5.74, 6) is 0. The normalized spacial score (nSPS) is 12.2. The maximum atomic E-state index is 2.25. The van der Waals surface area contributed by atoms with Crippen LogP contribution in [0.1, 0.15) is 6.92 Å². The van der Waals surface area contributed by atoms with Gasteiger partial charge in [-0.15, -0.1) is 0 Å². The molecule has 1 heterocycles. The second-order valence-electron chi connectivity index (χ2n) is 2.10. The van der Waals surface area contributed by atoms with Gasteiger partial charge in [-0.2, -0.15) is 0 Å². The van der Waals surface area contributed by atoms with Gasteiger partial charge in [-0.3, -0.25) is 0 Å². The predicted octanol–water partition coefficient (Wildman–Crippen LogP) is -8.69. The van der Waals surface area contributed by atoms with E-state index in [4.69, 9.17) is 0 Å². The van der Waals surface area contributed by atoms with E-state index in [1.807, 2.05) is 0 Å². The van der Waals surface area contributed by atoms with Crippen molar-refractivity contribution in [1.29, 1.82) is 0 Å². The van der Waals surface area contributed by atoms with E-state index in [9.17, 15) is 0 Å². The number of nitrogens with zero attached hydrogens (tertiary/aromatic N) is 2. The summed E-state index contributed by atoms with van der Waals surface area (Å²) in [6.45, 7) is 4.32. The molecule has 0 bridgehead atoms. The van der Waals surface area contributed by atoms with Gasteiger partial charge >= 0.3 is 17.4 Å². The van der Waals surface area contributed by atoms with Gasteiger partial charge in [0.25, 0.3) is 0 Å². The summed E-state index contributed by atoms with van der Waals surface area (Å²) in [5, 5.41) is 0. The first-order valence-electron chi connectivity index (χ1n) is 2.95. The first-order valence-corrected chi connectivity index (χ1v) is 2.95. The van der Waals surface area contributed by atoms with Gasteiger partial charge in [-0.25, -0.2) is 0 Å². The molecule has 0 aliphatic carbocycles. The topological polar surface area (TPSA) is 6.48 Å². The quantitative estimate of drug-likeness (QED) is 0.424. The third-order valence-electron chi connectivity index (χ3n) is 1.34. The van der Waals surface area contributed by atoms with E-state index >= 15 is 0 Å². The van der Waals surface area contributed by atoms with Gasteiger partial charge in [-0.1, -0.05) is 0 Å². The minimum atomic E-state index is 0. The molecular formula is C6H12AlCl3N2. The Hall–Kier alpha value is 0.742. The Bertz CT molecular complexity index is 113. The molecule has 0 unspecified atom stereocenters. The van der Waals surface area contributed by atoms with Crippen molar-refractivity contribution in [3.8, 4) is 0 Å². The van der Waals surface area contributed by atoms with E-state index in [0.29, 0.717) is 0 Å². The van der Waals surface area contributed by atoms with Crippen molar-refractivity contribution >= 4 is 17.4 Å². The van der Waals surface area contributed by atoms with Crippen LogP contribution >= 0.6 is 0 Å². The number of halogens is 3. The molecule has 0 aromatic heterocycles. The molecule has 1 aliphatic heterocycles. The molecule has 0 saturated carbocycles. The molecule has 70 valence electrons. The molecule has 0 atom stereocenters. The van der Waals surface area contributed by atoms with Gasteiger partial charge in [-0.05, 0) is 6.92 Å². The van der Waals surface area contributed by atoms with Crippen LogP contribution in [0.3, 0.4) is 0 Å². The van der Waals surface area contributed by atoms with Crippen LogP contribution in [-0.2, 0) is 0 Å². The van der Waals surface area contributed by atoms with Crippen molar-refractivity contribution in [1.82, 2.24) is 9.80 Å². The summed E-state index contributed by atoms with van der Waals surface area (Å²) in [6, 6.07) is 0. The molecule has 0 spiro atoms. The Labute approximate surface area is 104 Å². The number of hydrogen-bond donors (Lipinski definition) is 0. The Balaban J connectivity index is -0.0000000800. The summed E-state index contributed by atoms with van der Waals surface area (Å²) >= 11 is 0. The summed E-state index contributed by atoms with van der Waals surface area (Å²) in [7, 11) is 2.08. The van der Waals surface area contributed by atoms with Gasteiger partial charge < -0.3 is 47.0 Å². The van der Waals surface area contributed by atoms with Crippen LogP contribution in [0.4, 0.5) is 0 Å². The molecule has 0 amide bonds. The second kappa shape index (κ2) is 11.7. The molecule has 2 nitrogen and oxygen atoms in total. The zero-order valence-corrected chi connectivity index (χ0v) is 10.6. The van der Waals surface area contributed by atoms with Crippen molar-refractivity contribution in [2.24, 2.45) is 0 Å². The average Bonchev–Trinajstić information content (AvgIpc) is 2.14. The largest absolute Gasteiger partial charge is 3.00 e. The zero-order valence-electron chi connectivity index (χ0n) is 7.17. The maximum absolute atomic E-state index is 2.25. The van der Waals surface area contributed by atoms with Crippen LogP contribution in [0.5, 0.6) is 0 Å². The van der Waals surface area contributed by atoms with Crippen LogP contribution in [0.15, 0.2) is 12.4 Å². The van der Waals surface area contributed by atoms with Gasteiger partial charge in [0.15, 0.2) is 0 Å². The second-order valence-corrected chi connectivity index (χ2v) is 2.10. The van der Waals surface area contributed by atoms with Crippen LogP contribution in [0.25, 0.3) is 0 Å². The third kappa shape index (κ3) is 7.39. The Morgan fingerprint density at radius 3 is 1.83 bits per heavy atom. The standard InChI is InChI=1S/C6H12N2.Al.3ClH/c1-3-8-5-4-7(2)6-8;;;;/h4-5H,3,6H2,1-2H3;;3*1H/q;+3;;;/p-3. The van der Waals surface area contributed by atoms with Gasteiger partial charge in [0.2, 0.25) is 0 Å². The zero-order chi connectivity index (χ0) is 5.98. The van der Waals surface area contributed by atoms with Crippen molar-refractivity contribution in [3.63, 3.8) is 0 Å². The summed E-state index contributed by atoms with van der Waals surface area (Å²) in [4.78, 5) is 4.41. The van der Waals surface area contributed by atoms with E-state index in [0.717, 1.165) is 13.2 Å². The minimum Gasteiger partial charge on any atom is -1.00 e. The van der Waals surface area contributed by atoms with Gasteiger partial charge in [0, 0.05) is 26.0 Å². The first kappa shape index (κ1) is 23.0. The predicted molar refractivity (Wildman–Crippen MR) is 39.9 cm³/mol. The molecule has 0 aromatic carbocycles. The van der Waals surface area contributed by atoms with Crippen LogP contribution in [-0.4, -0.2) is 47.4 Å². The summed E-state index contributed by atoms with van der Waals surface area (Å²) < 4.78 is 0. The fourth-order valence-electron chi connectivity index (χ4n) is 0.794. The SMILES string of the molecule is CCN1C=CN(C)C1.[Al+3].[Cl-].[Cl-].[Cl-]. The van der Waals surface area contributed by atoms with E-state index < -0.39 is 0 Å². The smallest absolute Gasteiger partial charge is 1.00 e. The van der Waals surface area contributed by atoms with E-state index in [1.165, 1.54) is 0 Å². The molecule has 6 heteroatoms. The summed E-state index contributed by atoms with van der Waals surface area (Å²) in [6.07, 6.45) is 4.20. The molecule has 0 radical (unpaired) electrons. The van der Waals surface area contributed by atoms with Crippen molar-refractivity contribution in [3.05, 3.63) is 12.4 Å². The van der Waals surface area contributed by atoms with Crippen LogP contribution in [0, 0.1) is 0 Å². The Morgan fingerprint density at radius 1 is 1.17 bits per heavy atom.